The van der Waals surface area contributed by atoms with Crippen LogP contribution < -0.4 is 31.9 Å². The fourth-order valence-corrected chi connectivity index (χ4v) is 6.50. The van der Waals surface area contributed by atoms with E-state index in [0.29, 0.717) is 77.9 Å². The number of unbranched alkanes of at least 4 members (excludes halogenated alkanes) is 2. The van der Waals surface area contributed by atoms with E-state index in [0.717, 1.165) is 0 Å². The summed E-state index contributed by atoms with van der Waals surface area (Å²) in [6.07, 6.45) is -6.00. The number of aliphatic hydroxyl groups is 7. The minimum Gasteiger partial charge on any atom is -0.396 e. The Bertz CT molecular complexity index is 1420. The maximum Gasteiger partial charge on any atom is 0.222 e. The molecule has 1 fully saturated rings. The van der Waals surface area contributed by atoms with E-state index in [1.807, 2.05) is 6.92 Å². The second kappa shape index (κ2) is 36.3. The lowest BCUT2D eigenvalue weighted by atomic mass is 9.95. The monoisotopic (exact) mass is 969 g/mol. The molecule has 24 nitrogen and oxygen atoms in total. The number of nitrogens with one attached hydrogen (secondary N) is 6. The summed E-state index contributed by atoms with van der Waals surface area (Å²) in [5, 5.41) is 85.9. The third-order valence-electron chi connectivity index (χ3n) is 10.4. The highest BCUT2D eigenvalue weighted by atomic mass is 16.7. The average molecular weight is 969 g/mol. The fraction of sp³-hybridized carbons (Fsp3) is 0.860. The molecule has 0 aromatic carbocycles. The van der Waals surface area contributed by atoms with Crippen LogP contribution in [0.1, 0.15) is 91.9 Å². The lowest BCUT2D eigenvalue weighted by Gasteiger charge is -2.42. The van der Waals surface area contributed by atoms with Gasteiger partial charge in [-0.2, -0.15) is 0 Å². The molecule has 11 atom stereocenters. The summed E-state index contributed by atoms with van der Waals surface area (Å²) in [6.45, 7) is 7.71. The van der Waals surface area contributed by atoms with Crippen molar-refractivity contribution in [3.63, 3.8) is 0 Å². The van der Waals surface area contributed by atoms with E-state index in [1.54, 1.807) is 0 Å². The summed E-state index contributed by atoms with van der Waals surface area (Å²) in [4.78, 5) is 71.7. The molecule has 0 aliphatic carbocycles. The van der Waals surface area contributed by atoms with Gasteiger partial charge in [0, 0.05) is 97.4 Å². The standard InChI is InChI=1S/C43H80N6O18/c1-27(25-63-21-13-34(56)46-17-9-15-44-32(54)11-5-7-19-65-42(62)36(48-29(3)52)40(60)38(58)28(2)23-50)26-64-22-14-35(57)47-18-10-16-45-33(55)12-6-8-20-66-43-37(49-30(4)53)41(61)39(59)31(24-51)67-43/h27-28,31,36-43,50-51,58-62H,5-26H2,1-4H3,(H,44,54)(H,45,55)(H,46,56)(H,47,57)(H,48,52)(H,49,53)/t27?,28?,31?,36?,37?,38?,39?,40?,41?,42-,43-/m0/s1. The summed E-state index contributed by atoms with van der Waals surface area (Å²) in [6, 6.07) is -2.36. The van der Waals surface area contributed by atoms with Crippen molar-refractivity contribution >= 4 is 35.4 Å². The SMILES string of the molecule is CC(=O)NC1C(O)C(O)C(CO)O[C@@H]1OCCCCC(=O)NCCCNC(=O)CCOCC(C)COCCC(=O)NCCCNC(=O)CCCCO[C@H](O)C(NC(C)=O)C(O)C(O)C(C)CO. The van der Waals surface area contributed by atoms with E-state index in [-0.39, 0.29) is 81.7 Å². The molecule has 13 N–H and O–H groups in total. The molecule has 0 radical (unpaired) electrons. The van der Waals surface area contributed by atoms with Crippen LogP contribution in [0.15, 0.2) is 0 Å². The maximum atomic E-state index is 12.2. The predicted octanol–water partition coefficient (Wildman–Crippen LogP) is -3.83. The number of hydrogen-bond donors (Lipinski definition) is 13. The first-order valence-electron chi connectivity index (χ1n) is 23.2. The number of carbonyl (C=O) groups excluding carboxylic acids is 6. The molecule has 1 saturated heterocycles. The van der Waals surface area contributed by atoms with Crippen LogP contribution in [0, 0.1) is 11.8 Å². The molecule has 9 unspecified atom stereocenters. The number of amides is 6. The van der Waals surface area contributed by atoms with E-state index in [2.05, 4.69) is 31.9 Å². The number of aliphatic hydroxyl groups excluding tert-OH is 7. The molecule has 0 spiro atoms. The number of ether oxygens (including phenoxy) is 5. The van der Waals surface area contributed by atoms with E-state index in [4.69, 9.17) is 23.7 Å². The Morgan fingerprint density at radius 1 is 0.612 bits per heavy atom. The van der Waals surface area contributed by atoms with Crippen LogP contribution in [-0.2, 0) is 52.5 Å². The lowest BCUT2D eigenvalue weighted by molar-refractivity contribution is -0.270. The molecule has 24 heteroatoms. The van der Waals surface area contributed by atoms with Crippen LogP contribution in [0.3, 0.4) is 0 Å². The molecule has 0 bridgehead atoms. The van der Waals surface area contributed by atoms with Gasteiger partial charge in [-0.05, 0) is 38.5 Å². The molecule has 1 rings (SSSR count). The van der Waals surface area contributed by atoms with Crippen LogP contribution in [0.2, 0.25) is 0 Å². The Hall–Kier alpha value is -3.66. The van der Waals surface area contributed by atoms with Gasteiger partial charge >= 0.3 is 0 Å². The molecule has 0 saturated carbocycles. The smallest absolute Gasteiger partial charge is 0.222 e. The summed E-state index contributed by atoms with van der Waals surface area (Å²) >= 11 is 0. The Morgan fingerprint density at radius 3 is 1.57 bits per heavy atom. The number of rotatable bonds is 38. The second-order valence-electron chi connectivity index (χ2n) is 16.7. The van der Waals surface area contributed by atoms with Crippen molar-refractivity contribution in [2.45, 2.75) is 147 Å². The molecular formula is C43H80N6O18. The molecule has 0 aromatic rings. The lowest BCUT2D eigenvalue weighted by Crippen LogP contribution is -2.64. The molecule has 67 heavy (non-hydrogen) atoms. The highest BCUT2D eigenvalue weighted by Crippen LogP contribution is 2.22. The Kier molecular flexibility index (Phi) is 33.3. The molecule has 1 heterocycles. The third-order valence-corrected chi connectivity index (χ3v) is 10.4. The molecule has 1 aliphatic heterocycles. The van der Waals surface area contributed by atoms with Crippen molar-refractivity contribution in [1.29, 1.82) is 0 Å². The quantitative estimate of drug-likeness (QED) is 0.0208. The first-order chi connectivity index (χ1) is 31.9. The minimum absolute atomic E-state index is 0.0200. The van der Waals surface area contributed by atoms with Crippen molar-refractivity contribution in [3.05, 3.63) is 0 Å². The van der Waals surface area contributed by atoms with Gasteiger partial charge in [-0.15, -0.1) is 0 Å². The van der Waals surface area contributed by atoms with Crippen LogP contribution >= 0.6 is 0 Å². The summed E-state index contributed by atoms with van der Waals surface area (Å²) in [7, 11) is 0. The van der Waals surface area contributed by atoms with Gasteiger partial charge in [0.1, 0.15) is 36.5 Å². The van der Waals surface area contributed by atoms with Crippen molar-refractivity contribution in [2.24, 2.45) is 11.8 Å². The predicted molar refractivity (Wildman–Crippen MR) is 238 cm³/mol. The van der Waals surface area contributed by atoms with Crippen molar-refractivity contribution in [1.82, 2.24) is 31.9 Å². The zero-order valence-corrected chi connectivity index (χ0v) is 39.5. The van der Waals surface area contributed by atoms with Crippen LogP contribution in [0.25, 0.3) is 0 Å². The summed E-state index contributed by atoms with van der Waals surface area (Å²) in [5.41, 5.74) is 0. The van der Waals surface area contributed by atoms with Crippen LogP contribution in [-0.4, -0.2) is 205 Å². The molecule has 0 aromatic heterocycles. The van der Waals surface area contributed by atoms with Crippen LogP contribution in [0.4, 0.5) is 0 Å². The minimum atomic E-state index is -1.63. The van der Waals surface area contributed by atoms with Gasteiger partial charge in [0.25, 0.3) is 0 Å². The highest BCUT2D eigenvalue weighted by molar-refractivity contribution is 5.77. The van der Waals surface area contributed by atoms with E-state index >= 15 is 0 Å². The summed E-state index contributed by atoms with van der Waals surface area (Å²) in [5.74, 6) is -2.42. The molecule has 6 amide bonds. The van der Waals surface area contributed by atoms with E-state index in [1.165, 1.54) is 20.8 Å². The first-order valence-corrected chi connectivity index (χ1v) is 23.2. The Morgan fingerprint density at radius 2 is 1.10 bits per heavy atom. The normalized spacial score (nSPS) is 20.9. The molecule has 1 aliphatic rings. The van der Waals surface area contributed by atoms with Gasteiger partial charge in [0.15, 0.2) is 12.6 Å². The summed E-state index contributed by atoms with van der Waals surface area (Å²) < 4.78 is 27.6. The van der Waals surface area contributed by atoms with Gasteiger partial charge in [0.05, 0.1) is 39.1 Å². The van der Waals surface area contributed by atoms with Gasteiger partial charge in [-0.25, -0.2) is 0 Å². The Balaban J connectivity index is 2.02. The second-order valence-corrected chi connectivity index (χ2v) is 16.7. The zero-order valence-electron chi connectivity index (χ0n) is 39.5. The van der Waals surface area contributed by atoms with Crippen molar-refractivity contribution in [2.75, 3.05) is 79.0 Å². The van der Waals surface area contributed by atoms with E-state index < -0.39 is 86.1 Å². The third kappa shape index (κ3) is 27.8. The van der Waals surface area contributed by atoms with Crippen LogP contribution in [0.5, 0.6) is 0 Å². The number of hydrogen-bond acceptors (Lipinski definition) is 18. The van der Waals surface area contributed by atoms with Gasteiger partial charge in [0.2, 0.25) is 35.4 Å². The zero-order chi connectivity index (χ0) is 50.1. The van der Waals surface area contributed by atoms with Gasteiger partial charge < -0.3 is 91.3 Å². The fourth-order valence-electron chi connectivity index (χ4n) is 6.50. The largest absolute Gasteiger partial charge is 0.396 e. The topological polar surface area (TPSA) is 362 Å². The number of carbonyl (C=O) groups is 6. The maximum absolute atomic E-state index is 12.2. The van der Waals surface area contributed by atoms with Gasteiger partial charge in [-0.3, -0.25) is 28.8 Å². The average Bonchev–Trinajstić information content (AvgIpc) is 3.29. The Labute approximate surface area is 392 Å². The first kappa shape index (κ1) is 61.4. The van der Waals surface area contributed by atoms with Crippen molar-refractivity contribution in [3.8, 4) is 0 Å². The van der Waals surface area contributed by atoms with E-state index in [9.17, 15) is 64.5 Å². The van der Waals surface area contributed by atoms with Gasteiger partial charge in [-0.1, -0.05) is 13.8 Å². The van der Waals surface area contributed by atoms with Crippen molar-refractivity contribution < 1.29 is 88.2 Å². The highest BCUT2D eigenvalue weighted by Gasteiger charge is 2.45. The molecular weight excluding hydrogens is 888 g/mol. The molecule has 390 valence electrons.